The Kier molecular flexibility index (Phi) is 7.95. The third-order valence-electron chi connectivity index (χ3n) is 5.10. The fraction of sp³-hybridized carbons (Fsp3) is 0.650. The molecule has 1 saturated heterocycles. The first-order chi connectivity index (χ1) is 12.9. The van der Waals surface area contributed by atoms with E-state index >= 15 is 0 Å². The molecule has 1 unspecified atom stereocenters. The van der Waals surface area contributed by atoms with Crippen LogP contribution >= 0.6 is 0 Å². The van der Waals surface area contributed by atoms with Gasteiger partial charge in [0, 0.05) is 33.2 Å². The summed E-state index contributed by atoms with van der Waals surface area (Å²) in [6.45, 7) is 6.24. The molecule has 152 valence electrons. The van der Waals surface area contributed by atoms with Crippen molar-refractivity contribution in [3.8, 4) is 0 Å². The molecule has 1 aliphatic heterocycles. The van der Waals surface area contributed by atoms with Gasteiger partial charge in [-0.25, -0.2) is 0 Å². The lowest BCUT2D eigenvalue weighted by Crippen LogP contribution is -2.41. The smallest absolute Gasteiger partial charge is 0.352 e. The van der Waals surface area contributed by atoms with E-state index in [-0.39, 0.29) is 5.92 Å². The maximum atomic E-state index is 12.7. The molecule has 1 heterocycles. The lowest BCUT2D eigenvalue weighted by Gasteiger charge is -2.26. The standard InChI is InChI=1S/C20H31F3N4/c1-4-17-8-6-7-9-18(17)12-25-19(24-3)27-11-10-16(14-27)13-26(5-2)15-20(21,22)23/h6-9,16H,4-5,10-15H2,1-3H3,(H,24,25). The zero-order chi connectivity index (χ0) is 19.9. The molecule has 2 rings (SSSR count). The van der Waals surface area contributed by atoms with E-state index in [9.17, 15) is 13.2 Å². The summed E-state index contributed by atoms with van der Waals surface area (Å²) in [6, 6.07) is 8.32. The molecule has 0 radical (unpaired) electrons. The number of aliphatic imine (C=N–C) groups is 1. The van der Waals surface area contributed by atoms with Crippen molar-refractivity contribution in [2.24, 2.45) is 10.9 Å². The van der Waals surface area contributed by atoms with Crippen LogP contribution in [0.1, 0.15) is 31.4 Å². The average Bonchev–Trinajstić information content (AvgIpc) is 3.09. The number of halogens is 3. The van der Waals surface area contributed by atoms with E-state index < -0.39 is 12.7 Å². The first-order valence-corrected chi connectivity index (χ1v) is 9.67. The molecule has 4 nitrogen and oxygen atoms in total. The van der Waals surface area contributed by atoms with E-state index in [1.54, 1.807) is 14.0 Å². The van der Waals surface area contributed by atoms with Gasteiger partial charge in [0.15, 0.2) is 5.96 Å². The predicted molar refractivity (Wildman–Crippen MR) is 104 cm³/mol. The first kappa shape index (κ1) is 21.5. The van der Waals surface area contributed by atoms with Gasteiger partial charge < -0.3 is 10.2 Å². The SMILES string of the molecule is CCc1ccccc1CNC(=NC)N1CCC(CN(CC)CC(F)(F)F)C1. The maximum absolute atomic E-state index is 12.7. The Labute approximate surface area is 160 Å². The number of alkyl halides is 3. The highest BCUT2D eigenvalue weighted by atomic mass is 19.4. The minimum atomic E-state index is -4.14. The second kappa shape index (κ2) is 9.97. The molecule has 0 aromatic heterocycles. The topological polar surface area (TPSA) is 30.9 Å². The number of nitrogens with zero attached hydrogens (tertiary/aromatic N) is 3. The lowest BCUT2D eigenvalue weighted by atomic mass is 10.1. The second-order valence-corrected chi connectivity index (χ2v) is 7.07. The molecule has 1 fully saturated rings. The van der Waals surface area contributed by atoms with Crippen LogP contribution in [0.2, 0.25) is 0 Å². The highest BCUT2D eigenvalue weighted by Crippen LogP contribution is 2.21. The Balaban J connectivity index is 1.88. The Bertz CT molecular complexity index is 615. The van der Waals surface area contributed by atoms with Crippen molar-refractivity contribution in [2.75, 3.05) is 39.8 Å². The molecular weight excluding hydrogens is 353 g/mol. The molecule has 1 N–H and O–H groups in total. The largest absolute Gasteiger partial charge is 0.401 e. The van der Waals surface area contributed by atoms with Crippen molar-refractivity contribution in [3.05, 3.63) is 35.4 Å². The van der Waals surface area contributed by atoms with Gasteiger partial charge in [-0.1, -0.05) is 38.1 Å². The number of likely N-dealkylation sites (tertiary alicyclic amines) is 1. The van der Waals surface area contributed by atoms with Gasteiger partial charge in [0.1, 0.15) is 0 Å². The fourth-order valence-corrected chi connectivity index (χ4v) is 3.68. The predicted octanol–water partition coefficient (Wildman–Crippen LogP) is 3.53. The van der Waals surface area contributed by atoms with Crippen LogP contribution in [0, 0.1) is 5.92 Å². The molecule has 0 bridgehead atoms. The van der Waals surface area contributed by atoms with Crippen molar-refractivity contribution in [1.29, 1.82) is 0 Å². The number of guanidine groups is 1. The number of hydrogen-bond donors (Lipinski definition) is 1. The van der Waals surface area contributed by atoms with Crippen LogP contribution in [-0.4, -0.2) is 61.7 Å². The van der Waals surface area contributed by atoms with Gasteiger partial charge in [-0.05, 0) is 36.4 Å². The fourth-order valence-electron chi connectivity index (χ4n) is 3.68. The summed E-state index contributed by atoms with van der Waals surface area (Å²) < 4.78 is 38.0. The van der Waals surface area contributed by atoms with Crippen molar-refractivity contribution in [3.63, 3.8) is 0 Å². The van der Waals surface area contributed by atoms with Gasteiger partial charge >= 0.3 is 6.18 Å². The van der Waals surface area contributed by atoms with Crippen molar-refractivity contribution in [1.82, 2.24) is 15.1 Å². The molecule has 1 aromatic carbocycles. The monoisotopic (exact) mass is 384 g/mol. The number of benzene rings is 1. The van der Waals surface area contributed by atoms with Crippen molar-refractivity contribution < 1.29 is 13.2 Å². The highest BCUT2D eigenvalue weighted by Gasteiger charge is 2.33. The molecule has 27 heavy (non-hydrogen) atoms. The van der Waals surface area contributed by atoms with Gasteiger partial charge in [-0.3, -0.25) is 9.89 Å². The summed E-state index contributed by atoms with van der Waals surface area (Å²) in [6.07, 6.45) is -2.27. The molecule has 0 amide bonds. The average molecular weight is 384 g/mol. The summed E-state index contributed by atoms with van der Waals surface area (Å²) in [5.74, 6) is 1.05. The quantitative estimate of drug-likeness (QED) is 0.576. The summed E-state index contributed by atoms with van der Waals surface area (Å²) in [5.41, 5.74) is 2.56. The van der Waals surface area contributed by atoms with E-state index in [1.165, 1.54) is 16.0 Å². The molecule has 1 atom stereocenters. The van der Waals surface area contributed by atoms with Gasteiger partial charge in [-0.15, -0.1) is 0 Å². The van der Waals surface area contributed by atoms with Gasteiger partial charge in [0.2, 0.25) is 0 Å². The van der Waals surface area contributed by atoms with Crippen LogP contribution in [0.3, 0.4) is 0 Å². The van der Waals surface area contributed by atoms with Crippen LogP contribution < -0.4 is 5.32 Å². The molecule has 0 saturated carbocycles. The molecule has 0 aliphatic carbocycles. The van der Waals surface area contributed by atoms with Crippen LogP contribution in [-0.2, 0) is 13.0 Å². The number of rotatable bonds is 7. The molecule has 1 aromatic rings. The summed E-state index contributed by atoms with van der Waals surface area (Å²) in [7, 11) is 1.75. The van der Waals surface area contributed by atoms with E-state index in [0.29, 0.717) is 19.6 Å². The second-order valence-electron chi connectivity index (χ2n) is 7.07. The Hall–Kier alpha value is -1.76. The number of aryl methyl sites for hydroxylation is 1. The minimum absolute atomic E-state index is 0.230. The van der Waals surface area contributed by atoms with Gasteiger partial charge in [-0.2, -0.15) is 13.2 Å². The van der Waals surface area contributed by atoms with Crippen LogP contribution in [0.15, 0.2) is 29.3 Å². The van der Waals surface area contributed by atoms with Crippen LogP contribution in [0.4, 0.5) is 13.2 Å². The Morgan fingerprint density at radius 1 is 1.26 bits per heavy atom. The van der Waals surface area contributed by atoms with Crippen molar-refractivity contribution in [2.45, 2.75) is 39.4 Å². The lowest BCUT2D eigenvalue weighted by molar-refractivity contribution is -0.146. The number of nitrogens with one attached hydrogen (secondary N) is 1. The number of hydrogen-bond acceptors (Lipinski definition) is 2. The van der Waals surface area contributed by atoms with Crippen LogP contribution in [0.25, 0.3) is 0 Å². The summed E-state index contributed by atoms with van der Waals surface area (Å²) in [5, 5.41) is 3.41. The zero-order valence-corrected chi connectivity index (χ0v) is 16.5. The zero-order valence-electron chi connectivity index (χ0n) is 16.5. The molecule has 0 spiro atoms. The normalized spacial score (nSPS) is 18.4. The van der Waals surface area contributed by atoms with Gasteiger partial charge in [0.25, 0.3) is 0 Å². The van der Waals surface area contributed by atoms with E-state index in [4.69, 9.17) is 0 Å². The molecular formula is C20H31F3N4. The van der Waals surface area contributed by atoms with Crippen LogP contribution in [0.5, 0.6) is 0 Å². The van der Waals surface area contributed by atoms with E-state index in [1.807, 2.05) is 12.1 Å². The first-order valence-electron chi connectivity index (χ1n) is 9.67. The molecule has 1 aliphatic rings. The van der Waals surface area contributed by atoms with Gasteiger partial charge in [0.05, 0.1) is 6.54 Å². The van der Waals surface area contributed by atoms with Crippen molar-refractivity contribution >= 4 is 5.96 Å². The van der Waals surface area contributed by atoms with E-state index in [2.05, 4.69) is 34.3 Å². The third kappa shape index (κ3) is 6.72. The third-order valence-corrected chi connectivity index (χ3v) is 5.10. The highest BCUT2D eigenvalue weighted by molar-refractivity contribution is 5.80. The van der Waals surface area contributed by atoms with E-state index in [0.717, 1.165) is 31.9 Å². The maximum Gasteiger partial charge on any atom is 0.401 e. The minimum Gasteiger partial charge on any atom is -0.352 e. The summed E-state index contributed by atoms with van der Waals surface area (Å²) in [4.78, 5) is 8.01. The molecule has 7 heteroatoms. The summed E-state index contributed by atoms with van der Waals surface area (Å²) >= 11 is 0. The Morgan fingerprint density at radius 2 is 1.96 bits per heavy atom. The Morgan fingerprint density at radius 3 is 2.56 bits per heavy atom.